The number of nitrogens with zero attached hydrogens (tertiary/aromatic N) is 5. The first-order valence-electron chi connectivity index (χ1n) is 7.58. The van der Waals surface area contributed by atoms with E-state index in [-0.39, 0.29) is 11.6 Å². The molecule has 0 atom stereocenters. The number of aromatic nitrogens is 3. The molecule has 1 aliphatic rings. The van der Waals surface area contributed by atoms with Gasteiger partial charge in [-0.1, -0.05) is 5.16 Å². The molecule has 0 unspecified atom stereocenters. The molecule has 0 saturated carbocycles. The molecular weight excluding hydrogens is 296 g/mol. The van der Waals surface area contributed by atoms with Gasteiger partial charge in [0, 0.05) is 33.3 Å². The van der Waals surface area contributed by atoms with Crippen molar-refractivity contribution in [1.29, 1.82) is 0 Å². The Labute approximate surface area is 134 Å². The fourth-order valence-corrected chi connectivity index (χ4v) is 2.52. The van der Waals surface area contributed by atoms with Crippen LogP contribution in [0, 0.1) is 6.92 Å². The molecule has 2 aromatic rings. The molecule has 2 aromatic heterocycles. The minimum absolute atomic E-state index is 0.232. The first-order chi connectivity index (χ1) is 11.0. The maximum absolute atomic E-state index is 12.2. The van der Waals surface area contributed by atoms with Crippen molar-refractivity contribution in [2.45, 2.75) is 19.8 Å². The summed E-state index contributed by atoms with van der Waals surface area (Å²) in [4.78, 5) is 25.2. The molecule has 122 valence electrons. The van der Waals surface area contributed by atoms with Crippen LogP contribution >= 0.6 is 0 Å². The summed E-state index contributed by atoms with van der Waals surface area (Å²) in [6.45, 7) is 3.68. The third-order valence-corrected chi connectivity index (χ3v) is 3.68. The van der Waals surface area contributed by atoms with E-state index in [9.17, 15) is 4.79 Å². The molecule has 23 heavy (non-hydrogen) atoms. The Kier molecular flexibility index (Phi) is 4.14. The van der Waals surface area contributed by atoms with Crippen LogP contribution in [0.1, 0.15) is 29.1 Å². The molecule has 1 saturated heterocycles. The van der Waals surface area contributed by atoms with Gasteiger partial charge in [-0.2, -0.15) is 4.98 Å². The maximum atomic E-state index is 12.2. The Balaban J connectivity index is 1.84. The van der Waals surface area contributed by atoms with Crippen molar-refractivity contribution in [2.24, 2.45) is 0 Å². The third-order valence-electron chi connectivity index (χ3n) is 3.68. The molecular formula is C15H20N6O2. The lowest BCUT2D eigenvalue weighted by molar-refractivity contribution is 0.101. The molecule has 0 aliphatic carbocycles. The number of hydrogen-bond donors (Lipinski definition) is 1. The van der Waals surface area contributed by atoms with Crippen LogP contribution in [0.5, 0.6) is 0 Å². The van der Waals surface area contributed by atoms with Crippen molar-refractivity contribution in [3.8, 4) is 0 Å². The summed E-state index contributed by atoms with van der Waals surface area (Å²) < 4.78 is 4.93. The minimum atomic E-state index is -0.345. The topological polar surface area (TPSA) is 87.4 Å². The summed E-state index contributed by atoms with van der Waals surface area (Å²) in [5.74, 6) is 1.60. The molecule has 3 rings (SSSR count). The second kappa shape index (κ2) is 6.23. The average Bonchev–Trinajstić information content (AvgIpc) is 3.18. The molecule has 8 nitrogen and oxygen atoms in total. The van der Waals surface area contributed by atoms with Gasteiger partial charge in [-0.15, -0.1) is 0 Å². The predicted molar refractivity (Wildman–Crippen MR) is 87.0 cm³/mol. The Bertz CT molecular complexity index is 706. The number of carbonyl (C=O) groups excluding carboxylic acids is 1. The standard InChI is InChI=1S/C15H20N6O2/c1-10-8-11(19-23-10)14(22)17-12-9-16-15(18-13(12)20(2)3)21-6-4-5-7-21/h8-9H,4-7H2,1-3H3,(H,17,22). The second-order valence-electron chi connectivity index (χ2n) is 5.77. The van der Waals surface area contributed by atoms with Crippen LogP contribution in [0.15, 0.2) is 16.8 Å². The van der Waals surface area contributed by atoms with Crippen molar-refractivity contribution in [3.05, 3.63) is 23.7 Å². The fraction of sp³-hybridized carbons (Fsp3) is 0.467. The van der Waals surface area contributed by atoms with Crippen LogP contribution in [0.4, 0.5) is 17.5 Å². The van der Waals surface area contributed by atoms with Crippen LogP contribution in [0.3, 0.4) is 0 Å². The van der Waals surface area contributed by atoms with Gasteiger partial charge in [0.25, 0.3) is 5.91 Å². The zero-order valence-corrected chi connectivity index (χ0v) is 13.5. The zero-order valence-electron chi connectivity index (χ0n) is 13.5. The predicted octanol–water partition coefficient (Wildman–Crippen LogP) is 1.69. The third kappa shape index (κ3) is 3.25. The number of anilines is 3. The maximum Gasteiger partial charge on any atom is 0.277 e. The quantitative estimate of drug-likeness (QED) is 0.918. The van der Waals surface area contributed by atoms with E-state index in [4.69, 9.17) is 4.52 Å². The molecule has 0 aromatic carbocycles. The van der Waals surface area contributed by atoms with Gasteiger partial charge < -0.3 is 19.6 Å². The summed E-state index contributed by atoms with van der Waals surface area (Å²) in [6, 6.07) is 1.59. The smallest absolute Gasteiger partial charge is 0.277 e. The molecule has 8 heteroatoms. The highest BCUT2D eigenvalue weighted by molar-refractivity contribution is 6.04. The van der Waals surface area contributed by atoms with Gasteiger partial charge in [0.1, 0.15) is 11.4 Å². The van der Waals surface area contributed by atoms with Gasteiger partial charge in [-0.05, 0) is 19.8 Å². The summed E-state index contributed by atoms with van der Waals surface area (Å²) in [5.41, 5.74) is 0.777. The van der Waals surface area contributed by atoms with E-state index in [0.717, 1.165) is 25.9 Å². The Morgan fingerprint density at radius 3 is 2.70 bits per heavy atom. The van der Waals surface area contributed by atoms with E-state index >= 15 is 0 Å². The Morgan fingerprint density at radius 2 is 2.09 bits per heavy atom. The number of amides is 1. The van der Waals surface area contributed by atoms with Gasteiger partial charge in [-0.25, -0.2) is 4.98 Å². The number of aryl methyl sites for hydroxylation is 1. The van der Waals surface area contributed by atoms with Crippen LogP contribution < -0.4 is 15.1 Å². The van der Waals surface area contributed by atoms with Crippen molar-refractivity contribution in [2.75, 3.05) is 42.3 Å². The van der Waals surface area contributed by atoms with Gasteiger partial charge in [-0.3, -0.25) is 4.79 Å². The van der Waals surface area contributed by atoms with Crippen molar-refractivity contribution in [3.63, 3.8) is 0 Å². The highest BCUT2D eigenvalue weighted by Gasteiger charge is 2.19. The lowest BCUT2D eigenvalue weighted by Crippen LogP contribution is -2.23. The number of nitrogens with one attached hydrogen (secondary N) is 1. The van der Waals surface area contributed by atoms with Crippen LogP contribution in [0.2, 0.25) is 0 Å². The molecule has 1 fully saturated rings. The fourth-order valence-electron chi connectivity index (χ4n) is 2.52. The average molecular weight is 316 g/mol. The highest BCUT2D eigenvalue weighted by atomic mass is 16.5. The molecule has 1 aliphatic heterocycles. The van der Waals surface area contributed by atoms with Crippen molar-refractivity contribution in [1.82, 2.24) is 15.1 Å². The first kappa shape index (κ1) is 15.3. The summed E-state index contributed by atoms with van der Waals surface area (Å²) in [5, 5.41) is 6.51. The number of carbonyl (C=O) groups is 1. The lowest BCUT2D eigenvalue weighted by Gasteiger charge is -2.20. The number of hydrogen-bond acceptors (Lipinski definition) is 7. The van der Waals surface area contributed by atoms with E-state index < -0.39 is 0 Å². The molecule has 0 bridgehead atoms. The van der Waals surface area contributed by atoms with E-state index in [1.165, 1.54) is 0 Å². The Hall–Kier alpha value is -2.64. The largest absolute Gasteiger partial charge is 0.361 e. The van der Waals surface area contributed by atoms with Crippen molar-refractivity contribution < 1.29 is 9.32 Å². The van der Waals surface area contributed by atoms with Crippen LogP contribution in [-0.4, -0.2) is 48.2 Å². The van der Waals surface area contributed by atoms with Gasteiger partial charge in [0.15, 0.2) is 11.5 Å². The highest BCUT2D eigenvalue weighted by Crippen LogP contribution is 2.25. The SMILES string of the molecule is Cc1cc(C(=O)Nc2cnc(N3CCCC3)nc2N(C)C)no1. The van der Waals surface area contributed by atoms with Gasteiger partial charge >= 0.3 is 0 Å². The van der Waals surface area contributed by atoms with E-state index in [1.807, 2.05) is 19.0 Å². The summed E-state index contributed by atoms with van der Waals surface area (Å²) >= 11 is 0. The van der Waals surface area contributed by atoms with E-state index in [0.29, 0.717) is 23.2 Å². The second-order valence-corrected chi connectivity index (χ2v) is 5.77. The monoisotopic (exact) mass is 316 g/mol. The summed E-state index contributed by atoms with van der Waals surface area (Å²) in [6.07, 6.45) is 3.95. The van der Waals surface area contributed by atoms with E-state index in [2.05, 4.69) is 25.3 Å². The van der Waals surface area contributed by atoms with E-state index in [1.54, 1.807) is 19.2 Å². The lowest BCUT2D eigenvalue weighted by atomic mass is 10.3. The Morgan fingerprint density at radius 1 is 1.35 bits per heavy atom. The molecule has 0 spiro atoms. The van der Waals surface area contributed by atoms with Crippen molar-refractivity contribution >= 4 is 23.4 Å². The zero-order chi connectivity index (χ0) is 16.4. The molecule has 0 radical (unpaired) electrons. The molecule has 1 N–H and O–H groups in total. The molecule has 3 heterocycles. The first-order valence-corrected chi connectivity index (χ1v) is 7.58. The number of rotatable bonds is 4. The summed E-state index contributed by atoms with van der Waals surface area (Å²) in [7, 11) is 3.76. The molecule has 1 amide bonds. The van der Waals surface area contributed by atoms with Gasteiger partial charge in [0.05, 0.1) is 6.20 Å². The van der Waals surface area contributed by atoms with Crippen LogP contribution in [0.25, 0.3) is 0 Å². The normalized spacial score (nSPS) is 14.1. The minimum Gasteiger partial charge on any atom is -0.361 e. The van der Waals surface area contributed by atoms with Crippen LogP contribution in [-0.2, 0) is 0 Å². The van der Waals surface area contributed by atoms with Gasteiger partial charge in [0.2, 0.25) is 5.95 Å².